The lowest BCUT2D eigenvalue weighted by Crippen LogP contribution is -2.09. The molecule has 0 atom stereocenters. The average molecular weight is 270 g/mol. The van der Waals surface area contributed by atoms with Gasteiger partial charge in [0.2, 0.25) is 0 Å². The molecule has 0 unspecified atom stereocenters. The molecule has 0 spiro atoms. The summed E-state index contributed by atoms with van der Waals surface area (Å²) in [5.74, 6) is 1.22. The predicted octanol–water partition coefficient (Wildman–Crippen LogP) is 3.37. The Hall–Kier alpha value is -1.19. The molecule has 4 heteroatoms. The maximum Gasteiger partial charge on any atom is 0.179 e. The van der Waals surface area contributed by atoms with Gasteiger partial charge < -0.3 is 14.8 Å². The Morgan fingerprint density at radius 2 is 2.06 bits per heavy atom. The van der Waals surface area contributed by atoms with Crippen LogP contribution in [0.4, 0.5) is 0 Å². The summed E-state index contributed by atoms with van der Waals surface area (Å²) in [5.41, 5.74) is 2.23. The fraction of sp³-hybridized carbons (Fsp3) is 0.429. The molecule has 1 N–H and O–H groups in total. The van der Waals surface area contributed by atoms with Crippen LogP contribution in [0.1, 0.15) is 18.9 Å². The summed E-state index contributed by atoms with van der Waals surface area (Å²) >= 11 is 6.32. The molecule has 1 aromatic rings. The highest BCUT2D eigenvalue weighted by Gasteiger charge is 2.11. The number of likely N-dealkylation sites (N-methyl/N-ethyl adjacent to an activating group) is 1. The first-order valence-corrected chi connectivity index (χ1v) is 6.30. The van der Waals surface area contributed by atoms with E-state index in [4.69, 9.17) is 21.1 Å². The van der Waals surface area contributed by atoms with Gasteiger partial charge in [-0.25, -0.2) is 0 Å². The monoisotopic (exact) mass is 269 g/mol. The molecule has 0 aliphatic carbocycles. The van der Waals surface area contributed by atoms with Gasteiger partial charge in [0.05, 0.1) is 19.2 Å². The normalized spacial score (nSPS) is 11.5. The van der Waals surface area contributed by atoms with Crippen molar-refractivity contribution in [3.8, 4) is 11.5 Å². The summed E-state index contributed by atoms with van der Waals surface area (Å²) in [6.45, 7) is 2.97. The van der Waals surface area contributed by atoms with E-state index in [1.54, 1.807) is 14.2 Å². The van der Waals surface area contributed by atoms with Crippen LogP contribution in [0, 0.1) is 0 Å². The second kappa shape index (κ2) is 7.29. The zero-order chi connectivity index (χ0) is 13.5. The quantitative estimate of drug-likeness (QED) is 0.859. The van der Waals surface area contributed by atoms with E-state index in [1.807, 2.05) is 19.2 Å². The SMILES string of the molecule is CCC(=Cc1ccc(OC)c(OC)c1Cl)CNC. The first-order chi connectivity index (χ1) is 8.67. The van der Waals surface area contributed by atoms with E-state index >= 15 is 0 Å². The second-order valence-corrected chi connectivity index (χ2v) is 4.27. The number of hydrogen-bond donors (Lipinski definition) is 1. The Balaban J connectivity index is 3.18. The van der Waals surface area contributed by atoms with Gasteiger partial charge >= 0.3 is 0 Å². The van der Waals surface area contributed by atoms with Crippen LogP contribution in [-0.2, 0) is 0 Å². The van der Waals surface area contributed by atoms with Crippen molar-refractivity contribution in [2.75, 3.05) is 27.8 Å². The van der Waals surface area contributed by atoms with Crippen molar-refractivity contribution in [3.63, 3.8) is 0 Å². The first-order valence-electron chi connectivity index (χ1n) is 5.92. The third kappa shape index (κ3) is 3.40. The number of halogens is 1. The van der Waals surface area contributed by atoms with Crippen molar-refractivity contribution < 1.29 is 9.47 Å². The summed E-state index contributed by atoms with van der Waals surface area (Å²) in [5, 5.41) is 3.72. The number of methoxy groups -OCH3 is 2. The van der Waals surface area contributed by atoms with E-state index in [9.17, 15) is 0 Å². The molecule has 0 aliphatic heterocycles. The molecule has 0 aromatic heterocycles. The third-order valence-corrected chi connectivity index (χ3v) is 3.12. The average Bonchev–Trinajstić information content (AvgIpc) is 2.39. The molecule has 18 heavy (non-hydrogen) atoms. The van der Waals surface area contributed by atoms with E-state index in [0.29, 0.717) is 16.5 Å². The highest BCUT2D eigenvalue weighted by atomic mass is 35.5. The van der Waals surface area contributed by atoms with Gasteiger partial charge in [-0.15, -0.1) is 0 Å². The lowest BCUT2D eigenvalue weighted by Gasteiger charge is -2.12. The van der Waals surface area contributed by atoms with Crippen LogP contribution in [-0.4, -0.2) is 27.8 Å². The predicted molar refractivity (Wildman–Crippen MR) is 76.8 cm³/mol. The van der Waals surface area contributed by atoms with Crippen LogP contribution in [0.5, 0.6) is 11.5 Å². The van der Waals surface area contributed by atoms with Gasteiger partial charge in [-0.1, -0.05) is 30.2 Å². The van der Waals surface area contributed by atoms with E-state index in [0.717, 1.165) is 18.5 Å². The molecular formula is C14H20ClNO2. The minimum atomic E-state index is 0.577. The highest BCUT2D eigenvalue weighted by Crippen LogP contribution is 2.38. The molecule has 0 saturated carbocycles. The van der Waals surface area contributed by atoms with Gasteiger partial charge in [0.15, 0.2) is 11.5 Å². The number of ether oxygens (including phenoxy) is 2. The van der Waals surface area contributed by atoms with Crippen LogP contribution < -0.4 is 14.8 Å². The minimum absolute atomic E-state index is 0.577. The summed E-state index contributed by atoms with van der Waals surface area (Å²) in [7, 11) is 5.12. The van der Waals surface area contributed by atoms with E-state index in [1.165, 1.54) is 5.57 Å². The molecule has 1 rings (SSSR count). The van der Waals surface area contributed by atoms with E-state index < -0.39 is 0 Å². The summed E-state index contributed by atoms with van der Waals surface area (Å²) in [6.07, 6.45) is 3.06. The molecule has 1 aromatic carbocycles. The standard InChI is InChI=1S/C14H20ClNO2/c1-5-10(9-16-2)8-11-6-7-12(17-3)14(18-4)13(11)15/h6-8,16H,5,9H2,1-4H3. The molecule has 100 valence electrons. The van der Waals surface area contributed by atoms with Crippen molar-refractivity contribution in [1.82, 2.24) is 5.32 Å². The molecular weight excluding hydrogens is 250 g/mol. The largest absolute Gasteiger partial charge is 0.493 e. The smallest absolute Gasteiger partial charge is 0.179 e. The van der Waals surface area contributed by atoms with Crippen LogP contribution in [0.3, 0.4) is 0 Å². The third-order valence-electron chi connectivity index (χ3n) is 2.73. The van der Waals surface area contributed by atoms with Crippen molar-refractivity contribution in [1.29, 1.82) is 0 Å². The molecule has 0 radical (unpaired) electrons. The second-order valence-electron chi connectivity index (χ2n) is 3.89. The van der Waals surface area contributed by atoms with E-state index in [-0.39, 0.29) is 0 Å². The molecule has 3 nitrogen and oxygen atoms in total. The lowest BCUT2D eigenvalue weighted by molar-refractivity contribution is 0.355. The van der Waals surface area contributed by atoms with Gasteiger partial charge in [-0.2, -0.15) is 0 Å². The van der Waals surface area contributed by atoms with Crippen molar-refractivity contribution in [2.24, 2.45) is 0 Å². The molecule has 0 fully saturated rings. The maximum atomic E-state index is 6.32. The summed E-state index contributed by atoms with van der Waals surface area (Å²) in [4.78, 5) is 0. The molecule has 0 bridgehead atoms. The minimum Gasteiger partial charge on any atom is -0.493 e. The Labute approximate surface area is 114 Å². The Kier molecular flexibility index (Phi) is 6.02. The first kappa shape index (κ1) is 14.9. The molecule has 0 saturated heterocycles. The topological polar surface area (TPSA) is 30.5 Å². The number of nitrogens with one attached hydrogen (secondary N) is 1. The maximum absolute atomic E-state index is 6.32. The Morgan fingerprint density at radius 1 is 1.33 bits per heavy atom. The van der Waals surface area contributed by atoms with Crippen molar-refractivity contribution in [3.05, 3.63) is 28.3 Å². The Bertz CT molecular complexity index is 430. The lowest BCUT2D eigenvalue weighted by atomic mass is 10.1. The van der Waals surface area contributed by atoms with Gasteiger partial charge in [0.25, 0.3) is 0 Å². The van der Waals surface area contributed by atoms with Gasteiger partial charge in [0, 0.05) is 6.54 Å². The fourth-order valence-corrected chi connectivity index (χ4v) is 2.03. The number of benzene rings is 1. The van der Waals surface area contributed by atoms with Gasteiger partial charge in [-0.05, 0) is 31.2 Å². The van der Waals surface area contributed by atoms with E-state index in [2.05, 4.69) is 18.3 Å². The molecule has 0 heterocycles. The van der Waals surface area contributed by atoms with Crippen LogP contribution >= 0.6 is 11.6 Å². The van der Waals surface area contributed by atoms with Gasteiger partial charge in [-0.3, -0.25) is 0 Å². The van der Waals surface area contributed by atoms with Crippen molar-refractivity contribution >= 4 is 17.7 Å². The van der Waals surface area contributed by atoms with Crippen LogP contribution in [0.15, 0.2) is 17.7 Å². The van der Waals surface area contributed by atoms with Crippen molar-refractivity contribution in [2.45, 2.75) is 13.3 Å². The molecule has 0 amide bonds. The molecule has 0 aliphatic rings. The van der Waals surface area contributed by atoms with Crippen LogP contribution in [0.25, 0.3) is 6.08 Å². The Morgan fingerprint density at radius 3 is 2.56 bits per heavy atom. The summed E-state index contributed by atoms with van der Waals surface area (Å²) < 4.78 is 10.5. The highest BCUT2D eigenvalue weighted by molar-refractivity contribution is 6.33. The van der Waals surface area contributed by atoms with Gasteiger partial charge in [0.1, 0.15) is 0 Å². The number of hydrogen-bond acceptors (Lipinski definition) is 3. The zero-order valence-corrected chi connectivity index (χ0v) is 12.1. The fourth-order valence-electron chi connectivity index (χ4n) is 1.74. The van der Waals surface area contributed by atoms with Crippen LogP contribution in [0.2, 0.25) is 5.02 Å². The summed E-state index contributed by atoms with van der Waals surface area (Å²) in [6, 6.07) is 3.80. The zero-order valence-electron chi connectivity index (χ0n) is 11.3. The number of rotatable bonds is 6.